The van der Waals surface area contributed by atoms with Crippen molar-refractivity contribution in [1.29, 1.82) is 0 Å². The largest absolute Gasteiger partial charge is 0.504 e. The summed E-state index contributed by atoms with van der Waals surface area (Å²) in [6, 6.07) is 3.76. The lowest BCUT2D eigenvalue weighted by Crippen LogP contribution is -2.11. The van der Waals surface area contributed by atoms with Crippen LogP contribution in [0.4, 0.5) is 5.82 Å². The van der Waals surface area contributed by atoms with Crippen LogP contribution >= 0.6 is 0 Å². The number of rotatable bonds is 2. The van der Waals surface area contributed by atoms with Crippen molar-refractivity contribution >= 4 is 5.82 Å². The molecule has 1 aromatic heterocycles. The Bertz CT molecular complexity index is 597. The first-order valence-electron chi connectivity index (χ1n) is 6.05. The number of nitrogens with zero attached hydrogens (tertiary/aromatic N) is 1. The molecule has 1 aromatic carbocycles. The Morgan fingerprint density at radius 2 is 1.95 bits per heavy atom. The minimum absolute atomic E-state index is 0.0613. The van der Waals surface area contributed by atoms with E-state index in [2.05, 4.69) is 31.0 Å². The predicted molar refractivity (Wildman–Crippen MR) is 75.4 cm³/mol. The molecular weight excluding hydrogens is 242 g/mol. The molecule has 0 saturated heterocycles. The van der Waals surface area contributed by atoms with Crippen LogP contribution in [0.25, 0.3) is 11.1 Å². The van der Waals surface area contributed by atoms with Gasteiger partial charge in [-0.25, -0.2) is 0 Å². The van der Waals surface area contributed by atoms with Crippen LogP contribution in [0.2, 0.25) is 0 Å². The number of phenolic OH excluding ortho intramolecular Hbond substituents is 1. The standard InChI is InChI=1S/C14H19N3O2/c1-14(2,3)8-5-9(10-7-16-17-13(10)15)12(18)11(6-8)19-4/h5-7,18H,1-4H3,(H3,15,16,17). The molecule has 0 fully saturated rings. The number of nitrogens with two attached hydrogens (primary N) is 1. The molecular formula is C14H19N3O2. The molecule has 0 spiro atoms. The summed E-state index contributed by atoms with van der Waals surface area (Å²) >= 11 is 0. The molecule has 19 heavy (non-hydrogen) atoms. The number of phenols is 1. The lowest BCUT2D eigenvalue weighted by Gasteiger charge is -2.21. The smallest absolute Gasteiger partial charge is 0.165 e. The van der Waals surface area contributed by atoms with E-state index >= 15 is 0 Å². The van der Waals surface area contributed by atoms with Crippen LogP contribution in [0.15, 0.2) is 18.3 Å². The molecule has 0 atom stereocenters. The van der Waals surface area contributed by atoms with Crippen molar-refractivity contribution in [2.24, 2.45) is 0 Å². The van der Waals surface area contributed by atoms with Gasteiger partial charge in [0.2, 0.25) is 0 Å². The van der Waals surface area contributed by atoms with Gasteiger partial charge in [0.25, 0.3) is 0 Å². The van der Waals surface area contributed by atoms with Gasteiger partial charge in [-0.2, -0.15) is 5.10 Å². The highest BCUT2D eigenvalue weighted by Gasteiger charge is 2.21. The van der Waals surface area contributed by atoms with Crippen molar-refractivity contribution in [1.82, 2.24) is 10.2 Å². The zero-order chi connectivity index (χ0) is 14.2. The lowest BCUT2D eigenvalue weighted by molar-refractivity contribution is 0.372. The Labute approximate surface area is 112 Å². The number of benzene rings is 1. The second-order valence-electron chi connectivity index (χ2n) is 5.52. The Balaban J connectivity index is 2.70. The molecule has 1 heterocycles. The van der Waals surface area contributed by atoms with Crippen LogP contribution in [0.5, 0.6) is 11.5 Å². The van der Waals surface area contributed by atoms with Gasteiger partial charge < -0.3 is 15.6 Å². The quantitative estimate of drug-likeness (QED) is 0.776. The molecule has 5 nitrogen and oxygen atoms in total. The highest BCUT2D eigenvalue weighted by Crippen LogP contribution is 2.42. The van der Waals surface area contributed by atoms with E-state index in [0.717, 1.165) is 5.56 Å². The van der Waals surface area contributed by atoms with Gasteiger partial charge in [-0.1, -0.05) is 20.8 Å². The highest BCUT2D eigenvalue weighted by molar-refractivity contribution is 5.80. The molecule has 0 aliphatic heterocycles. The molecule has 0 saturated carbocycles. The molecule has 0 amide bonds. The van der Waals surface area contributed by atoms with Crippen molar-refractivity contribution < 1.29 is 9.84 Å². The second-order valence-corrected chi connectivity index (χ2v) is 5.52. The van der Waals surface area contributed by atoms with E-state index in [1.54, 1.807) is 6.20 Å². The fourth-order valence-electron chi connectivity index (χ4n) is 1.91. The lowest BCUT2D eigenvalue weighted by atomic mass is 9.85. The number of aromatic amines is 1. The SMILES string of the molecule is COc1cc(C(C)(C)C)cc(-c2cn[nH]c2N)c1O. The Hall–Kier alpha value is -2.17. The van der Waals surface area contributed by atoms with Gasteiger partial charge in [-0.15, -0.1) is 0 Å². The van der Waals surface area contributed by atoms with Gasteiger partial charge in [0, 0.05) is 11.1 Å². The van der Waals surface area contributed by atoms with Crippen LogP contribution in [0, 0.1) is 0 Å². The van der Waals surface area contributed by atoms with Crippen molar-refractivity contribution in [3.63, 3.8) is 0 Å². The summed E-state index contributed by atoms with van der Waals surface area (Å²) in [5, 5.41) is 16.8. The van der Waals surface area contributed by atoms with E-state index < -0.39 is 0 Å². The molecule has 0 bridgehead atoms. The van der Waals surface area contributed by atoms with Crippen LogP contribution in [-0.2, 0) is 5.41 Å². The van der Waals surface area contributed by atoms with E-state index in [4.69, 9.17) is 10.5 Å². The summed E-state index contributed by atoms with van der Waals surface area (Å²) in [6.07, 6.45) is 1.59. The third kappa shape index (κ3) is 2.36. The molecule has 5 heteroatoms. The normalized spacial score (nSPS) is 11.6. The first kappa shape index (κ1) is 13.3. The van der Waals surface area contributed by atoms with Crippen LogP contribution in [0.3, 0.4) is 0 Å². The fourth-order valence-corrected chi connectivity index (χ4v) is 1.91. The topological polar surface area (TPSA) is 84.2 Å². The molecule has 0 radical (unpaired) electrons. The Morgan fingerprint density at radius 1 is 1.26 bits per heavy atom. The number of aromatic hydroxyl groups is 1. The van der Waals surface area contributed by atoms with E-state index in [-0.39, 0.29) is 11.2 Å². The summed E-state index contributed by atoms with van der Waals surface area (Å²) in [5.74, 6) is 0.926. The average Bonchev–Trinajstić information content (AvgIpc) is 2.74. The number of hydrogen-bond donors (Lipinski definition) is 3. The second kappa shape index (κ2) is 4.50. The highest BCUT2D eigenvalue weighted by atomic mass is 16.5. The number of anilines is 1. The van der Waals surface area contributed by atoms with Gasteiger partial charge in [-0.05, 0) is 23.1 Å². The number of H-pyrrole nitrogens is 1. The fraction of sp³-hybridized carbons (Fsp3) is 0.357. The number of ether oxygens (including phenoxy) is 1. The molecule has 2 aromatic rings. The number of nitrogen functional groups attached to an aromatic ring is 1. The van der Waals surface area contributed by atoms with Crippen molar-refractivity contribution in [3.8, 4) is 22.6 Å². The van der Waals surface area contributed by atoms with Gasteiger partial charge in [0.1, 0.15) is 5.82 Å². The van der Waals surface area contributed by atoms with Crippen molar-refractivity contribution in [3.05, 3.63) is 23.9 Å². The van der Waals surface area contributed by atoms with Crippen LogP contribution < -0.4 is 10.5 Å². The van der Waals surface area contributed by atoms with Gasteiger partial charge >= 0.3 is 0 Å². The predicted octanol–water partition coefficient (Wildman–Crippen LogP) is 2.67. The minimum atomic E-state index is -0.0613. The van der Waals surface area contributed by atoms with Gasteiger partial charge in [-0.3, -0.25) is 5.10 Å². The van der Waals surface area contributed by atoms with E-state index in [1.807, 2.05) is 12.1 Å². The zero-order valence-electron chi connectivity index (χ0n) is 11.6. The first-order valence-corrected chi connectivity index (χ1v) is 6.05. The molecule has 0 aliphatic rings. The number of hydrogen-bond acceptors (Lipinski definition) is 4. The summed E-state index contributed by atoms with van der Waals surface area (Å²) in [4.78, 5) is 0. The maximum absolute atomic E-state index is 10.3. The number of methoxy groups -OCH3 is 1. The zero-order valence-corrected chi connectivity index (χ0v) is 11.6. The summed E-state index contributed by atoms with van der Waals surface area (Å²) in [7, 11) is 1.53. The molecule has 0 unspecified atom stereocenters. The van der Waals surface area contributed by atoms with Crippen molar-refractivity contribution in [2.75, 3.05) is 12.8 Å². The van der Waals surface area contributed by atoms with Crippen LogP contribution in [-0.4, -0.2) is 22.4 Å². The summed E-state index contributed by atoms with van der Waals surface area (Å²) in [5.41, 5.74) is 8.10. The summed E-state index contributed by atoms with van der Waals surface area (Å²) in [6.45, 7) is 6.30. The average molecular weight is 261 g/mol. The molecule has 0 aliphatic carbocycles. The van der Waals surface area contributed by atoms with Gasteiger partial charge in [0.05, 0.1) is 13.3 Å². The third-order valence-corrected chi connectivity index (χ3v) is 3.12. The molecule has 2 rings (SSSR count). The van der Waals surface area contributed by atoms with Gasteiger partial charge in [0.15, 0.2) is 11.5 Å². The number of aromatic nitrogens is 2. The Kier molecular flexibility index (Phi) is 3.14. The maximum Gasteiger partial charge on any atom is 0.165 e. The van der Waals surface area contributed by atoms with Crippen LogP contribution in [0.1, 0.15) is 26.3 Å². The van der Waals surface area contributed by atoms with E-state index in [9.17, 15) is 5.11 Å². The van der Waals surface area contributed by atoms with E-state index in [0.29, 0.717) is 22.7 Å². The Morgan fingerprint density at radius 3 is 2.42 bits per heavy atom. The molecule has 4 N–H and O–H groups in total. The summed E-state index contributed by atoms with van der Waals surface area (Å²) < 4.78 is 5.24. The first-order chi connectivity index (χ1) is 8.84. The minimum Gasteiger partial charge on any atom is -0.504 e. The number of nitrogens with one attached hydrogen (secondary N) is 1. The maximum atomic E-state index is 10.3. The molecule has 102 valence electrons. The van der Waals surface area contributed by atoms with E-state index in [1.165, 1.54) is 7.11 Å². The van der Waals surface area contributed by atoms with Crippen molar-refractivity contribution in [2.45, 2.75) is 26.2 Å². The monoisotopic (exact) mass is 261 g/mol. The third-order valence-electron chi connectivity index (χ3n) is 3.12.